The average molecular weight is 277 g/mol. The van der Waals surface area contributed by atoms with Crippen molar-refractivity contribution < 1.29 is 23.1 Å². The minimum Gasteiger partial charge on any atom is -0.481 e. The van der Waals surface area contributed by atoms with Crippen molar-refractivity contribution in [2.45, 2.75) is 32.4 Å². The van der Waals surface area contributed by atoms with Crippen molar-refractivity contribution in [2.75, 3.05) is 12.4 Å². The van der Waals surface area contributed by atoms with Crippen molar-refractivity contribution in [3.63, 3.8) is 0 Å². The van der Waals surface area contributed by atoms with Crippen LogP contribution in [0.3, 0.4) is 0 Å². The molecule has 0 aromatic rings. The number of hydrogen-bond donors (Lipinski definition) is 2. The Morgan fingerprint density at radius 1 is 1.50 bits per heavy atom. The third-order valence-electron chi connectivity index (χ3n) is 2.53. The van der Waals surface area contributed by atoms with Crippen LogP contribution in [0.1, 0.15) is 20.3 Å². The zero-order valence-corrected chi connectivity index (χ0v) is 11.3. The van der Waals surface area contributed by atoms with Crippen LogP contribution in [0.4, 0.5) is 0 Å². The van der Waals surface area contributed by atoms with E-state index in [0.717, 1.165) is 0 Å². The minimum absolute atomic E-state index is 0.0111. The molecule has 6 nitrogen and oxygen atoms in total. The van der Waals surface area contributed by atoms with Gasteiger partial charge in [0.1, 0.15) is 0 Å². The van der Waals surface area contributed by atoms with Crippen LogP contribution >= 0.6 is 0 Å². The molecule has 0 amide bonds. The van der Waals surface area contributed by atoms with Gasteiger partial charge in [-0.3, -0.25) is 4.79 Å². The number of sulfonamides is 1. The first-order valence-electron chi connectivity index (χ1n) is 5.83. The summed E-state index contributed by atoms with van der Waals surface area (Å²) in [5, 5.41) is 8.78. The van der Waals surface area contributed by atoms with Gasteiger partial charge in [0.05, 0.1) is 24.4 Å². The molecular weight excluding hydrogens is 258 g/mol. The number of rotatable bonds is 7. The maximum absolute atomic E-state index is 11.7. The molecule has 0 bridgehead atoms. The lowest BCUT2D eigenvalue weighted by Crippen LogP contribution is -2.36. The second-order valence-corrected chi connectivity index (χ2v) is 6.40. The third-order valence-corrected chi connectivity index (χ3v) is 3.90. The molecule has 18 heavy (non-hydrogen) atoms. The zero-order chi connectivity index (χ0) is 13.8. The Labute approximate surface area is 107 Å². The number of hydrogen-bond acceptors (Lipinski definition) is 4. The highest BCUT2D eigenvalue weighted by molar-refractivity contribution is 7.89. The molecule has 0 aromatic carbocycles. The summed E-state index contributed by atoms with van der Waals surface area (Å²) in [5.74, 6) is -1.66. The Morgan fingerprint density at radius 2 is 2.17 bits per heavy atom. The van der Waals surface area contributed by atoms with E-state index in [1.807, 2.05) is 13.8 Å². The zero-order valence-electron chi connectivity index (χ0n) is 10.5. The smallest absolute Gasteiger partial charge is 0.310 e. The minimum atomic E-state index is -3.43. The molecule has 0 spiro atoms. The van der Waals surface area contributed by atoms with Gasteiger partial charge in [-0.15, -0.1) is 0 Å². The van der Waals surface area contributed by atoms with Gasteiger partial charge in [-0.2, -0.15) is 0 Å². The first-order valence-corrected chi connectivity index (χ1v) is 7.48. The van der Waals surface area contributed by atoms with Gasteiger partial charge >= 0.3 is 5.97 Å². The Kier molecular flexibility index (Phi) is 5.30. The van der Waals surface area contributed by atoms with Crippen molar-refractivity contribution >= 4 is 16.0 Å². The summed E-state index contributed by atoms with van der Waals surface area (Å²) in [6.07, 6.45) is 3.35. The molecule has 7 heteroatoms. The summed E-state index contributed by atoms with van der Waals surface area (Å²) in [6, 6.07) is -0.435. The molecule has 0 aromatic heterocycles. The molecule has 0 saturated heterocycles. The number of carboxylic acid groups (broad SMARTS) is 1. The largest absolute Gasteiger partial charge is 0.481 e. The van der Waals surface area contributed by atoms with Crippen molar-refractivity contribution in [2.24, 2.45) is 5.92 Å². The van der Waals surface area contributed by atoms with Gasteiger partial charge in [0.2, 0.25) is 10.0 Å². The Balaban J connectivity index is 2.38. The topological polar surface area (TPSA) is 92.7 Å². The van der Waals surface area contributed by atoms with E-state index in [1.165, 1.54) is 6.08 Å². The summed E-state index contributed by atoms with van der Waals surface area (Å²) in [4.78, 5) is 10.7. The lowest BCUT2D eigenvalue weighted by atomic mass is 10.1. The molecule has 1 aliphatic rings. The van der Waals surface area contributed by atoms with Crippen LogP contribution in [0.2, 0.25) is 0 Å². The number of ether oxygens (including phenoxy) is 1. The molecule has 0 aliphatic heterocycles. The fraction of sp³-hybridized carbons (Fsp3) is 0.727. The number of nitrogens with one attached hydrogen (secondary N) is 1. The van der Waals surface area contributed by atoms with Gasteiger partial charge in [0, 0.05) is 6.04 Å². The van der Waals surface area contributed by atoms with Crippen LogP contribution in [-0.4, -0.2) is 44.0 Å². The van der Waals surface area contributed by atoms with Gasteiger partial charge in [-0.1, -0.05) is 12.2 Å². The lowest BCUT2D eigenvalue weighted by Gasteiger charge is -2.13. The van der Waals surface area contributed by atoms with Crippen molar-refractivity contribution in [3.8, 4) is 0 Å². The van der Waals surface area contributed by atoms with Crippen molar-refractivity contribution in [1.29, 1.82) is 0 Å². The van der Waals surface area contributed by atoms with Gasteiger partial charge in [-0.05, 0) is 20.3 Å². The molecule has 0 fully saturated rings. The van der Waals surface area contributed by atoms with Gasteiger partial charge in [0.15, 0.2) is 0 Å². The van der Waals surface area contributed by atoms with Crippen molar-refractivity contribution in [1.82, 2.24) is 4.72 Å². The maximum atomic E-state index is 11.7. The molecule has 0 heterocycles. The molecule has 2 unspecified atom stereocenters. The Morgan fingerprint density at radius 3 is 2.67 bits per heavy atom. The standard InChI is InChI=1S/C11H19NO5S/c1-8(2)17-5-6-18(15,16)12-10-4-3-9(7-10)11(13)14/h3-4,8-10,12H,5-7H2,1-2H3,(H,13,14). The second-order valence-electron chi connectivity index (χ2n) is 4.53. The summed E-state index contributed by atoms with van der Waals surface area (Å²) in [7, 11) is -3.43. The summed E-state index contributed by atoms with van der Waals surface area (Å²) in [5.41, 5.74) is 0. The fourth-order valence-corrected chi connectivity index (χ4v) is 2.72. The quantitative estimate of drug-likeness (QED) is 0.655. The first-order chi connectivity index (χ1) is 8.30. The summed E-state index contributed by atoms with van der Waals surface area (Å²) < 4.78 is 31.0. The van der Waals surface area contributed by atoms with E-state index in [2.05, 4.69) is 4.72 Å². The van der Waals surface area contributed by atoms with Crippen LogP contribution in [0, 0.1) is 5.92 Å². The van der Waals surface area contributed by atoms with Gasteiger partial charge < -0.3 is 9.84 Å². The molecule has 1 rings (SSSR count). The van der Waals surface area contributed by atoms with Crippen LogP contribution in [0.5, 0.6) is 0 Å². The molecule has 0 radical (unpaired) electrons. The van der Waals surface area contributed by atoms with Crippen LogP contribution in [0.15, 0.2) is 12.2 Å². The van der Waals surface area contributed by atoms with Crippen LogP contribution in [-0.2, 0) is 19.6 Å². The predicted molar refractivity (Wildman–Crippen MR) is 66.7 cm³/mol. The predicted octanol–water partition coefficient (Wildman–Crippen LogP) is 0.360. The average Bonchev–Trinajstić information content (AvgIpc) is 2.64. The van der Waals surface area contributed by atoms with E-state index in [-0.39, 0.29) is 24.9 Å². The SMILES string of the molecule is CC(C)OCCS(=O)(=O)NC1C=CC(C(=O)O)C1. The second kappa shape index (κ2) is 6.31. The molecule has 0 saturated carbocycles. The monoisotopic (exact) mass is 277 g/mol. The number of carboxylic acids is 1. The summed E-state index contributed by atoms with van der Waals surface area (Å²) >= 11 is 0. The molecular formula is C11H19NO5S. The van der Waals surface area contributed by atoms with Crippen LogP contribution < -0.4 is 4.72 Å². The van der Waals surface area contributed by atoms with E-state index in [9.17, 15) is 13.2 Å². The van der Waals surface area contributed by atoms with Crippen LogP contribution in [0.25, 0.3) is 0 Å². The van der Waals surface area contributed by atoms with Gasteiger partial charge in [-0.25, -0.2) is 13.1 Å². The Bertz CT molecular complexity index is 415. The molecule has 2 atom stereocenters. The van der Waals surface area contributed by atoms with Gasteiger partial charge in [0.25, 0.3) is 0 Å². The highest BCUT2D eigenvalue weighted by Crippen LogP contribution is 2.18. The highest BCUT2D eigenvalue weighted by atomic mass is 32.2. The third kappa shape index (κ3) is 5.16. The lowest BCUT2D eigenvalue weighted by molar-refractivity contribution is -0.140. The molecule has 1 aliphatic carbocycles. The first kappa shape index (κ1) is 15.1. The van der Waals surface area contributed by atoms with Crippen molar-refractivity contribution in [3.05, 3.63) is 12.2 Å². The van der Waals surface area contributed by atoms with E-state index in [0.29, 0.717) is 0 Å². The highest BCUT2D eigenvalue weighted by Gasteiger charge is 2.27. The van der Waals surface area contributed by atoms with E-state index >= 15 is 0 Å². The van der Waals surface area contributed by atoms with E-state index in [4.69, 9.17) is 9.84 Å². The van der Waals surface area contributed by atoms with E-state index in [1.54, 1.807) is 6.08 Å². The summed E-state index contributed by atoms with van der Waals surface area (Å²) in [6.45, 7) is 3.79. The number of carbonyl (C=O) groups is 1. The molecule has 2 N–H and O–H groups in total. The van der Waals surface area contributed by atoms with E-state index < -0.39 is 28.0 Å². The Hall–Kier alpha value is -0.920. The molecule has 104 valence electrons. The number of aliphatic carboxylic acids is 1. The normalized spacial score (nSPS) is 23.7. The fourth-order valence-electron chi connectivity index (χ4n) is 1.65. The maximum Gasteiger partial charge on any atom is 0.310 e.